The lowest BCUT2D eigenvalue weighted by atomic mass is 10.1. The van der Waals surface area contributed by atoms with Gasteiger partial charge in [0.05, 0.1) is 5.56 Å². The van der Waals surface area contributed by atoms with Crippen LogP contribution in [0.4, 0.5) is 0 Å². The first-order valence-electron chi connectivity index (χ1n) is 10.7. The maximum Gasteiger partial charge on any atom is 0.338 e. The first-order valence-corrected chi connectivity index (χ1v) is 12.6. The summed E-state index contributed by atoms with van der Waals surface area (Å²) >= 11 is 0. The minimum atomic E-state index is -2.91. The topological polar surface area (TPSA) is 43.4 Å². The van der Waals surface area contributed by atoms with Gasteiger partial charge in [-0.2, -0.15) is 0 Å². The van der Waals surface area contributed by atoms with E-state index in [9.17, 15) is 9.36 Å². The van der Waals surface area contributed by atoms with Gasteiger partial charge in [-0.15, -0.1) is 0 Å². The quantitative estimate of drug-likeness (QED) is 0.250. The molecule has 0 unspecified atom stereocenters. The summed E-state index contributed by atoms with van der Waals surface area (Å²) in [5, 5.41) is 1.62. The summed E-state index contributed by atoms with van der Waals surface area (Å²) in [5.41, 5.74) is 1.40. The fourth-order valence-corrected chi connectivity index (χ4v) is 6.50. The van der Waals surface area contributed by atoms with Crippen LogP contribution in [0.1, 0.15) is 28.4 Å². The highest BCUT2D eigenvalue weighted by molar-refractivity contribution is 7.78. The second kappa shape index (κ2) is 10.3. The minimum Gasteiger partial charge on any atom is -0.454 e. The van der Waals surface area contributed by atoms with E-state index in [1.165, 1.54) is 0 Å². The van der Waals surface area contributed by atoms with Crippen molar-refractivity contribution in [2.75, 3.05) is 6.16 Å². The first kappa shape index (κ1) is 21.8. The van der Waals surface area contributed by atoms with E-state index in [0.29, 0.717) is 18.1 Å². The van der Waals surface area contributed by atoms with Crippen molar-refractivity contribution in [3.8, 4) is 0 Å². The van der Waals surface area contributed by atoms with Crippen LogP contribution in [0.25, 0.3) is 0 Å². The molecule has 0 aliphatic heterocycles. The van der Waals surface area contributed by atoms with Crippen molar-refractivity contribution in [2.24, 2.45) is 0 Å². The van der Waals surface area contributed by atoms with Crippen LogP contribution >= 0.6 is 7.14 Å². The Morgan fingerprint density at radius 1 is 0.656 bits per heavy atom. The zero-order chi connectivity index (χ0) is 22.2. The molecule has 0 aromatic heterocycles. The molecule has 4 aromatic rings. The van der Waals surface area contributed by atoms with Gasteiger partial charge < -0.3 is 9.30 Å². The molecule has 0 amide bonds. The van der Waals surface area contributed by atoms with Crippen molar-refractivity contribution in [3.63, 3.8) is 0 Å². The Morgan fingerprint density at radius 2 is 1.09 bits per heavy atom. The van der Waals surface area contributed by atoms with Crippen LogP contribution in [0.3, 0.4) is 0 Å². The van der Waals surface area contributed by atoms with Crippen molar-refractivity contribution in [2.45, 2.75) is 12.5 Å². The van der Waals surface area contributed by atoms with E-state index in [4.69, 9.17) is 4.74 Å². The van der Waals surface area contributed by atoms with Gasteiger partial charge in [-0.3, -0.25) is 0 Å². The lowest BCUT2D eigenvalue weighted by molar-refractivity contribution is 0.0289. The smallest absolute Gasteiger partial charge is 0.338 e. The summed E-state index contributed by atoms with van der Waals surface area (Å²) in [6, 6.07) is 37.8. The van der Waals surface area contributed by atoms with Gasteiger partial charge in [0.25, 0.3) is 0 Å². The van der Waals surface area contributed by atoms with E-state index in [1.807, 2.05) is 109 Å². The Kier molecular flexibility index (Phi) is 6.99. The van der Waals surface area contributed by atoms with E-state index in [2.05, 4.69) is 0 Å². The number of carbonyl (C=O) groups is 1. The van der Waals surface area contributed by atoms with Gasteiger partial charge in [-0.05, 0) is 24.1 Å². The highest BCUT2D eigenvalue weighted by Crippen LogP contribution is 2.45. The molecule has 4 heteroatoms. The molecule has 0 aliphatic rings. The van der Waals surface area contributed by atoms with Crippen LogP contribution in [-0.4, -0.2) is 12.1 Å². The molecular weight excluding hydrogens is 415 g/mol. The third-order valence-corrected chi connectivity index (χ3v) is 8.64. The number of hydrogen-bond acceptors (Lipinski definition) is 3. The van der Waals surface area contributed by atoms with Crippen LogP contribution < -0.4 is 10.6 Å². The fourth-order valence-electron chi connectivity index (χ4n) is 3.78. The van der Waals surface area contributed by atoms with Crippen molar-refractivity contribution >= 4 is 23.7 Å². The molecule has 4 aromatic carbocycles. The summed E-state index contributed by atoms with van der Waals surface area (Å²) < 4.78 is 20.3. The fraction of sp³-hybridized carbons (Fsp3) is 0.107. The van der Waals surface area contributed by atoms with E-state index in [0.717, 1.165) is 16.2 Å². The molecule has 1 atom stereocenters. The van der Waals surface area contributed by atoms with Crippen LogP contribution in [0.15, 0.2) is 121 Å². The summed E-state index contributed by atoms with van der Waals surface area (Å²) in [6.45, 7) is 0. The Hall–Kier alpha value is -3.42. The Morgan fingerprint density at radius 3 is 1.59 bits per heavy atom. The largest absolute Gasteiger partial charge is 0.454 e. The number of esters is 1. The zero-order valence-corrected chi connectivity index (χ0v) is 18.6. The third kappa shape index (κ3) is 5.07. The van der Waals surface area contributed by atoms with Gasteiger partial charge in [-0.1, -0.05) is 109 Å². The molecule has 0 radical (unpaired) electrons. The normalized spacial score (nSPS) is 12.1. The van der Waals surface area contributed by atoms with Crippen LogP contribution in [0, 0.1) is 0 Å². The summed E-state index contributed by atoms with van der Waals surface area (Å²) in [7, 11) is -2.91. The van der Waals surface area contributed by atoms with Gasteiger partial charge in [0.15, 0.2) is 0 Å². The van der Waals surface area contributed by atoms with Crippen molar-refractivity contribution in [1.29, 1.82) is 0 Å². The van der Waals surface area contributed by atoms with Crippen molar-refractivity contribution < 1.29 is 14.1 Å². The predicted octanol–water partition coefficient (Wildman–Crippen LogP) is 5.99. The standard InChI is InChI=1S/C28H25O3P/c29-28(24-15-7-2-8-16-24)31-27(23-13-5-1-6-14-23)21-22-32(30,25-17-9-3-10-18-25)26-19-11-4-12-20-26/h1-20,27H,21-22H2/t27-/m0/s1. The molecule has 32 heavy (non-hydrogen) atoms. The van der Waals surface area contributed by atoms with E-state index in [-0.39, 0.29) is 5.97 Å². The molecule has 160 valence electrons. The molecule has 4 rings (SSSR count). The van der Waals surface area contributed by atoms with Crippen LogP contribution in [0.5, 0.6) is 0 Å². The Balaban J connectivity index is 1.63. The second-order valence-electron chi connectivity index (χ2n) is 7.59. The highest BCUT2D eigenvalue weighted by Gasteiger charge is 2.29. The monoisotopic (exact) mass is 440 g/mol. The maximum absolute atomic E-state index is 14.4. The van der Waals surface area contributed by atoms with Crippen molar-refractivity contribution in [3.05, 3.63) is 132 Å². The van der Waals surface area contributed by atoms with Gasteiger partial charge in [0, 0.05) is 16.8 Å². The first-order chi connectivity index (χ1) is 15.7. The number of hydrogen-bond donors (Lipinski definition) is 0. The lowest BCUT2D eigenvalue weighted by Gasteiger charge is -2.23. The number of benzene rings is 4. The molecule has 0 aliphatic carbocycles. The summed E-state index contributed by atoms with van der Waals surface area (Å²) in [4.78, 5) is 12.8. The molecule has 0 fully saturated rings. The molecule has 0 saturated carbocycles. The Bertz CT molecular complexity index is 1130. The molecule has 0 bridgehead atoms. The van der Waals surface area contributed by atoms with E-state index >= 15 is 0 Å². The Labute approximate surface area is 189 Å². The molecular formula is C28H25O3P. The highest BCUT2D eigenvalue weighted by atomic mass is 31.2. The minimum absolute atomic E-state index is 0.381. The zero-order valence-electron chi connectivity index (χ0n) is 17.7. The van der Waals surface area contributed by atoms with Gasteiger partial charge in [-0.25, -0.2) is 4.79 Å². The molecule has 0 heterocycles. The summed E-state index contributed by atoms with van der Waals surface area (Å²) in [6.07, 6.45) is 0.344. The maximum atomic E-state index is 14.4. The van der Waals surface area contributed by atoms with E-state index < -0.39 is 13.2 Å². The van der Waals surface area contributed by atoms with Crippen molar-refractivity contribution in [1.82, 2.24) is 0 Å². The van der Waals surface area contributed by atoms with Gasteiger partial charge in [0.1, 0.15) is 13.2 Å². The molecule has 0 spiro atoms. The molecule has 0 saturated heterocycles. The summed E-state index contributed by atoms with van der Waals surface area (Å²) in [5.74, 6) is -0.381. The predicted molar refractivity (Wildman–Crippen MR) is 130 cm³/mol. The van der Waals surface area contributed by atoms with Crippen LogP contribution in [-0.2, 0) is 9.30 Å². The average molecular weight is 440 g/mol. The number of carbonyl (C=O) groups excluding carboxylic acids is 1. The van der Waals surface area contributed by atoms with Gasteiger partial charge >= 0.3 is 5.97 Å². The molecule has 3 nitrogen and oxygen atoms in total. The lowest BCUT2D eigenvalue weighted by Crippen LogP contribution is -2.21. The SMILES string of the molecule is O=C(O[C@@H](CCP(=O)(c1ccccc1)c1ccccc1)c1ccccc1)c1ccccc1. The van der Waals surface area contributed by atoms with Gasteiger partial charge in [0.2, 0.25) is 0 Å². The van der Waals surface area contributed by atoms with E-state index in [1.54, 1.807) is 12.1 Å². The third-order valence-electron chi connectivity index (χ3n) is 5.48. The van der Waals surface area contributed by atoms with Crippen LogP contribution in [0.2, 0.25) is 0 Å². The second-order valence-corrected chi connectivity index (χ2v) is 10.6. The average Bonchev–Trinajstić information content (AvgIpc) is 2.88. The number of rotatable bonds is 8. The molecule has 0 N–H and O–H groups in total. The number of ether oxygens (including phenoxy) is 1.